The topological polar surface area (TPSA) is 82.9 Å². The van der Waals surface area contributed by atoms with Crippen LogP contribution < -0.4 is 19.5 Å². The van der Waals surface area contributed by atoms with E-state index in [0.29, 0.717) is 23.8 Å². The zero-order valence-electron chi connectivity index (χ0n) is 14.2. The summed E-state index contributed by atoms with van der Waals surface area (Å²) in [6.07, 6.45) is 0.634. The molecule has 2 aromatic rings. The molecular weight excluding hydrogens is 324 g/mol. The number of non-ortho nitro benzene ring substituents is 1. The van der Waals surface area contributed by atoms with Crippen molar-refractivity contribution in [3.8, 4) is 17.2 Å². The molecule has 1 aliphatic heterocycles. The number of hydrogen-bond donors (Lipinski definition) is 1. The lowest BCUT2D eigenvalue weighted by Gasteiger charge is -2.21. The van der Waals surface area contributed by atoms with Gasteiger partial charge >= 0.3 is 0 Å². The summed E-state index contributed by atoms with van der Waals surface area (Å²) >= 11 is 0. The molecule has 7 nitrogen and oxygen atoms in total. The molecule has 0 saturated carbocycles. The molecule has 1 atom stereocenters. The highest BCUT2D eigenvalue weighted by atomic mass is 16.6. The summed E-state index contributed by atoms with van der Waals surface area (Å²) in [6.45, 7) is 1.47. The number of rotatable bonds is 5. The second-order valence-corrected chi connectivity index (χ2v) is 5.72. The molecule has 0 radical (unpaired) electrons. The van der Waals surface area contributed by atoms with Crippen LogP contribution in [0.25, 0.3) is 0 Å². The van der Waals surface area contributed by atoms with Gasteiger partial charge in [0, 0.05) is 24.2 Å². The number of fused-ring (bicyclic) bond motifs is 1. The molecule has 0 aliphatic carbocycles. The Hall–Kier alpha value is -2.80. The number of nitrogens with one attached hydrogen (secondary N) is 1. The van der Waals surface area contributed by atoms with Gasteiger partial charge in [-0.25, -0.2) is 0 Å². The van der Waals surface area contributed by atoms with Crippen LogP contribution in [0, 0.1) is 10.1 Å². The number of ether oxygens (including phenoxy) is 3. The van der Waals surface area contributed by atoms with Crippen LogP contribution >= 0.6 is 0 Å². The second-order valence-electron chi connectivity index (χ2n) is 5.72. The highest BCUT2D eigenvalue weighted by Gasteiger charge is 2.23. The first-order valence-corrected chi connectivity index (χ1v) is 7.99. The quantitative estimate of drug-likeness (QED) is 0.663. The summed E-state index contributed by atoms with van der Waals surface area (Å²) in [5, 5.41) is 14.1. The van der Waals surface area contributed by atoms with E-state index in [1.807, 2.05) is 12.1 Å². The Labute approximate surface area is 145 Å². The van der Waals surface area contributed by atoms with Crippen molar-refractivity contribution >= 4 is 5.69 Å². The van der Waals surface area contributed by atoms with Gasteiger partial charge in [0.25, 0.3) is 5.69 Å². The third-order valence-corrected chi connectivity index (χ3v) is 4.22. The molecule has 1 N–H and O–H groups in total. The second kappa shape index (κ2) is 7.40. The van der Waals surface area contributed by atoms with E-state index in [1.54, 1.807) is 26.4 Å². The van der Waals surface area contributed by atoms with Crippen LogP contribution in [0.2, 0.25) is 0 Å². The summed E-state index contributed by atoms with van der Waals surface area (Å²) in [7, 11) is 3.22. The van der Waals surface area contributed by atoms with E-state index >= 15 is 0 Å². The SMILES string of the molecule is COc1cc2c(cc1OC)C(Oc1ccc([N+](=O)[O-])cc1)CNCC2. The molecule has 1 heterocycles. The molecule has 0 bridgehead atoms. The van der Waals surface area contributed by atoms with Gasteiger partial charge in [-0.1, -0.05) is 0 Å². The average Bonchev–Trinajstić information content (AvgIpc) is 2.82. The van der Waals surface area contributed by atoms with Crippen molar-refractivity contribution in [2.45, 2.75) is 12.5 Å². The fourth-order valence-corrected chi connectivity index (χ4v) is 2.94. The molecule has 0 saturated heterocycles. The summed E-state index contributed by atoms with van der Waals surface area (Å²) < 4.78 is 16.9. The average molecular weight is 344 g/mol. The molecule has 132 valence electrons. The van der Waals surface area contributed by atoms with Gasteiger partial charge in [-0.05, 0) is 42.8 Å². The van der Waals surface area contributed by atoms with E-state index in [2.05, 4.69) is 5.32 Å². The Morgan fingerprint density at radius 2 is 1.80 bits per heavy atom. The fourth-order valence-electron chi connectivity index (χ4n) is 2.94. The molecule has 0 amide bonds. The van der Waals surface area contributed by atoms with E-state index in [-0.39, 0.29) is 11.8 Å². The van der Waals surface area contributed by atoms with Crippen molar-refractivity contribution in [3.63, 3.8) is 0 Å². The van der Waals surface area contributed by atoms with Crippen molar-refractivity contribution < 1.29 is 19.1 Å². The van der Waals surface area contributed by atoms with E-state index in [9.17, 15) is 10.1 Å². The van der Waals surface area contributed by atoms with Crippen LogP contribution in [0.15, 0.2) is 36.4 Å². The number of hydrogen-bond acceptors (Lipinski definition) is 6. The zero-order valence-corrected chi connectivity index (χ0v) is 14.2. The maximum absolute atomic E-state index is 10.8. The predicted molar refractivity (Wildman–Crippen MR) is 92.6 cm³/mol. The number of benzene rings is 2. The van der Waals surface area contributed by atoms with Crippen molar-refractivity contribution in [2.75, 3.05) is 27.3 Å². The summed E-state index contributed by atoms with van der Waals surface area (Å²) in [6, 6.07) is 10.0. The lowest BCUT2D eigenvalue weighted by Crippen LogP contribution is -2.23. The molecular formula is C18H20N2O5. The van der Waals surface area contributed by atoms with Crippen LogP contribution in [0.3, 0.4) is 0 Å². The maximum atomic E-state index is 10.8. The third kappa shape index (κ3) is 3.66. The van der Waals surface area contributed by atoms with Crippen LogP contribution in [-0.4, -0.2) is 32.2 Å². The number of nitro benzene ring substituents is 1. The van der Waals surface area contributed by atoms with Crippen LogP contribution in [-0.2, 0) is 6.42 Å². The van der Waals surface area contributed by atoms with Gasteiger partial charge in [0.2, 0.25) is 0 Å². The van der Waals surface area contributed by atoms with Gasteiger partial charge in [-0.3, -0.25) is 10.1 Å². The molecule has 0 fully saturated rings. The lowest BCUT2D eigenvalue weighted by atomic mass is 10.00. The third-order valence-electron chi connectivity index (χ3n) is 4.22. The molecule has 1 aliphatic rings. The summed E-state index contributed by atoms with van der Waals surface area (Å²) in [4.78, 5) is 10.3. The van der Waals surface area contributed by atoms with Crippen LogP contribution in [0.5, 0.6) is 17.2 Å². The normalized spacial score (nSPS) is 16.5. The smallest absolute Gasteiger partial charge is 0.269 e. The van der Waals surface area contributed by atoms with Crippen LogP contribution in [0.1, 0.15) is 17.2 Å². The molecule has 0 aromatic heterocycles. The molecule has 0 spiro atoms. The van der Waals surface area contributed by atoms with Gasteiger partial charge in [-0.15, -0.1) is 0 Å². The van der Waals surface area contributed by atoms with Gasteiger partial charge in [0.15, 0.2) is 11.5 Å². The van der Waals surface area contributed by atoms with E-state index < -0.39 is 4.92 Å². The molecule has 3 rings (SSSR count). The van der Waals surface area contributed by atoms with E-state index in [1.165, 1.54) is 12.1 Å². The lowest BCUT2D eigenvalue weighted by molar-refractivity contribution is -0.384. The standard InChI is InChI=1S/C18H20N2O5/c1-23-16-9-12-7-8-19-11-18(15(12)10-17(16)24-2)25-14-5-3-13(4-6-14)20(21)22/h3-6,9-10,18-19H,7-8,11H2,1-2H3. The number of methoxy groups -OCH3 is 2. The number of nitro groups is 1. The minimum Gasteiger partial charge on any atom is -0.493 e. The minimum atomic E-state index is -0.427. The maximum Gasteiger partial charge on any atom is 0.269 e. The fraction of sp³-hybridized carbons (Fsp3) is 0.333. The molecule has 7 heteroatoms. The largest absolute Gasteiger partial charge is 0.493 e. The first-order chi connectivity index (χ1) is 12.1. The van der Waals surface area contributed by atoms with Crippen molar-refractivity contribution in [1.29, 1.82) is 0 Å². The molecule has 25 heavy (non-hydrogen) atoms. The predicted octanol–water partition coefficient (Wildman–Crippen LogP) is 2.88. The monoisotopic (exact) mass is 344 g/mol. The molecule has 1 unspecified atom stereocenters. The Morgan fingerprint density at radius 3 is 2.44 bits per heavy atom. The first kappa shape index (κ1) is 17.0. The van der Waals surface area contributed by atoms with Gasteiger partial charge in [-0.2, -0.15) is 0 Å². The summed E-state index contributed by atoms with van der Waals surface area (Å²) in [5.41, 5.74) is 2.20. The highest BCUT2D eigenvalue weighted by molar-refractivity contribution is 5.49. The van der Waals surface area contributed by atoms with Crippen molar-refractivity contribution in [2.24, 2.45) is 0 Å². The molecule has 2 aromatic carbocycles. The van der Waals surface area contributed by atoms with Gasteiger partial charge in [0.05, 0.1) is 19.1 Å². The first-order valence-electron chi connectivity index (χ1n) is 7.99. The minimum absolute atomic E-state index is 0.0400. The zero-order chi connectivity index (χ0) is 17.8. The van der Waals surface area contributed by atoms with Gasteiger partial charge in [0.1, 0.15) is 11.9 Å². The number of nitrogens with zero attached hydrogens (tertiary/aromatic N) is 1. The van der Waals surface area contributed by atoms with E-state index in [0.717, 1.165) is 24.1 Å². The van der Waals surface area contributed by atoms with Gasteiger partial charge < -0.3 is 19.5 Å². The van der Waals surface area contributed by atoms with Crippen LogP contribution in [0.4, 0.5) is 5.69 Å². The van der Waals surface area contributed by atoms with E-state index in [4.69, 9.17) is 14.2 Å². The van der Waals surface area contributed by atoms with Crippen molar-refractivity contribution in [1.82, 2.24) is 5.32 Å². The Morgan fingerprint density at radius 1 is 1.12 bits per heavy atom. The summed E-state index contributed by atoms with van der Waals surface area (Å²) in [5.74, 6) is 1.93. The highest BCUT2D eigenvalue weighted by Crippen LogP contribution is 2.36. The van der Waals surface area contributed by atoms with Crippen molar-refractivity contribution in [3.05, 3.63) is 57.6 Å². The Bertz CT molecular complexity index is 761. The Kier molecular flexibility index (Phi) is 5.04. The Balaban J connectivity index is 1.91.